The van der Waals surface area contributed by atoms with Crippen molar-refractivity contribution < 1.29 is 4.79 Å². The van der Waals surface area contributed by atoms with E-state index in [1.165, 1.54) is 22.2 Å². The molecule has 0 saturated heterocycles. The standard InChI is InChI=1S/C21H18N6O2S2/c1-11-4-6-13(7-5-11)15-10-30-20-16(15)19(29)25-21(26-20)31-12(2)18(28)24-17-14(8-22)9-23-27(17)3/h4-7,9-10,12H,1-3H3,(H,24,28)(H,25,26,29). The van der Waals surface area contributed by atoms with E-state index in [-0.39, 0.29) is 17.0 Å². The van der Waals surface area contributed by atoms with Gasteiger partial charge in [0, 0.05) is 18.0 Å². The number of nitrogens with one attached hydrogen (secondary N) is 2. The number of amides is 1. The highest BCUT2D eigenvalue weighted by Gasteiger charge is 2.20. The number of aryl methyl sites for hydroxylation is 2. The zero-order valence-electron chi connectivity index (χ0n) is 17.0. The maximum atomic E-state index is 12.8. The number of nitriles is 1. The number of hydrogen-bond donors (Lipinski definition) is 2. The first-order chi connectivity index (χ1) is 14.9. The van der Waals surface area contributed by atoms with Gasteiger partial charge in [0.2, 0.25) is 5.91 Å². The molecule has 4 rings (SSSR count). The van der Waals surface area contributed by atoms with Gasteiger partial charge in [-0.1, -0.05) is 41.6 Å². The van der Waals surface area contributed by atoms with Crippen molar-refractivity contribution in [2.75, 3.05) is 5.32 Å². The van der Waals surface area contributed by atoms with Crippen LogP contribution in [-0.2, 0) is 11.8 Å². The highest BCUT2D eigenvalue weighted by atomic mass is 32.2. The van der Waals surface area contributed by atoms with Crippen LogP contribution >= 0.6 is 23.1 Å². The molecule has 1 unspecified atom stereocenters. The van der Waals surface area contributed by atoms with Gasteiger partial charge in [0.05, 0.1) is 16.8 Å². The molecule has 10 heteroatoms. The summed E-state index contributed by atoms with van der Waals surface area (Å²) in [4.78, 5) is 33.4. The smallest absolute Gasteiger partial charge is 0.260 e. The van der Waals surface area contributed by atoms with Gasteiger partial charge in [-0.25, -0.2) is 4.98 Å². The Morgan fingerprint density at radius 2 is 2.10 bits per heavy atom. The number of aromatic amines is 1. The van der Waals surface area contributed by atoms with Crippen LogP contribution in [0.1, 0.15) is 18.1 Å². The molecule has 0 bridgehead atoms. The van der Waals surface area contributed by atoms with Crippen molar-refractivity contribution in [1.82, 2.24) is 19.7 Å². The number of rotatable bonds is 5. The maximum absolute atomic E-state index is 12.8. The first-order valence-electron chi connectivity index (χ1n) is 9.35. The fraction of sp³-hybridized carbons (Fsp3) is 0.190. The predicted octanol–water partition coefficient (Wildman–Crippen LogP) is 3.68. The Morgan fingerprint density at radius 3 is 2.81 bits per heavy atom. The third-order valence-electron chi connectivity index (χ3n) is 4.74. The lowest BCUT2D eigenvalue weighted by atomic mass is 10.1. The van der Waals surface area contributed by atoms with E-state index in [0.29, 0.717) is 21.2 Å². The van der Waals surface area contributed by atoms with Gasteiger partial charge in [0.25, 0.3) is 5.56 Å². The minimum absolute atomic E-state index is 0.240. The summed E-state index contributed by atoms with van der Waals surface area (Å²) in [6.07, 6.45) is 1.39. The SMILES string of the molecule is Cc1ccc(-c2csc3nc(SC(C)C(=O)Nc4c(C#N)cnn4C)[nH]c(=O)c23)cc1. The second kappa shape index (κ2) is 8.37. The molecule has 2 N–H and O–H groups in total. The van der Waals surface area contributed by atoms with Gasteiger partial charge < -0.3 is 10.3 Å². The summed E-state index contributed by atoms with van der Waals surface area (Å²) in [6, 6.07) is 9.97. The zero-order chi connectivity index (χ0) is 22.1. The summed E-state index contributed by atoms with van der Waals surface area (Å²) in [5.41, 5.74) is 2.99. The molecular formula is C21H18N6O2S2. The number of carbonyl (C=O) groups excluding carboxylic acids is 1. The molecule has 0 saturated carbocycles. The summed E-state index contributed by atoms with van der Waals surface area (Å²) < 4.78 is 1.43. The molecule has 0 spiro atoms. The Hall–Kier alpha value is -3.42. The fourth-order valence-electron chi connectivity index (χ4n) is 3.04. The number of carbonyl (C=O) groups is 1. The number of anilines is 1. The van der Waals surface area contributed by atoms with Crippen LogP contribution in [0.25, 0.3) is 21.3 Å². The topological polar surface area (TPSA) is 116 Å². The Bertz CT molecular complexity index is 1380. The van der Waals surface area contributed by atoms with Crippen LogP contribution in [0.4, 0.5) is 5.82 Å². The first kappa shape index (κ1) is 20.8. The van der Waals surface area contributed by atoms with Crippen LogP contribution in [0.3, 0.4) is 0 Å². The molecular weight excluding hydrogens is 432 g/mol. The zero-order valence-corrected chi connectivity index (χ0v) is 18.6. The first-order valence-corrected chi connectivity index (χ1v) is 11.1. The molecule has 1 atom stereocenters. The Labute approximate surface area is 185 Å². The summed E-state index contributed by atoms with van der Waals surface area (Å²) in [5.74, 6) is 0.0113. The van der Waals surface area contributed by atoms with Crippen molar-refractivity contribution in [1.29, 1.82) is 5.26 Å². The van der Waals surface area contributed by atoms with Crippen molar-refractivity contribution in [3.63, 3.8) is 0 Å². The summed E-state index contributed by atoms with van der Waals surface area (Å²) in [7, 11) is 1.64. The molecule has 1 amide bonds. The van der Waals surface area contributed by atoms with Crippen LogP contribution in [0.15, 0.2) is 45.8 Å². The van der Waals surface area contributed by atoms with Crippen molar-refractivity contribution in [2.45, 2.75) is 24.3 Å². The Kier molecular flexibility index (Phi) is 5.63. The Morgan fingerprint density at radius 1 is 1.35 bits per heavy atom. The Balaban J connectivity index is 1.57. The number of nitrogens with zero attached hydrogens (tertiary/aromatic N) is 4. The van der Waals surface area contributed by atoms with E-state index < -0.39 is 5.25 Å². The number of thiophene rings is 1. The molecule has 156 valence electrons. The highest BCUT2D eigenvalue weighted by molar-refractivity contribution is 8.00. The second-order valence-corrected chi connectivity index (χ2v) is 9.15. The lowest BCUT2D eigenvalue weighted by Gasteiger charge is -2.11. The van der Waals surface area contributed by atoms with Crippen LogP contribution < -0.4 is 10.9 Å². The molecule has 3 aromatic heterocycles. The summed E-state index contributed by atoms with van der Waals surface area (Å²) >= 11 is 2.54. The molecule has 0 aliphatic carbocycles. The monoisotopic (exact) mass is 450 g/mol. The number of benzene rings is 1. The summed E-state index contributed by atoms with van der Waals surface area (Å²) in [5, 5.41) is 18.1. The lowest BCUT2D eigenvalue weighted by Crippen LogP contribution is -2.25. The van der Waals surface area contributed by atoms with Gasteiger partial charge in [-0.2, -0.15) is 10.4 Å². The maximum Gasteiger partial charge on any atom is 0.260 e. The predicted molar refractivity (Wildman–Crippen MR) is 122 cm³/mol. The highest BCUT2D eigenvalue weighted by Crippen LogP contribution is 2.32. The average molecular weight is 451 g/mol. The molecule has 0 aliphatic heterocycles. The largest absolute Gasteiger partial charge is 0.309 e. The molecule has 8 nitrogen and oxygen atoms in total. The third-order valence-corrected chi connectivity index (χ3v) is 6.60. The third kappa shape index (κ3) is 4.10. The van der Waals surface area contributed by atoms with Crippen LogP contribution in [0.5, 0.6) is 0 Å². The van der Waals surface area contributed by atoms with Gasteiger partial charge in [-0.3, -0.25) is 14.3 Å². The van der Waals surface area contributed by atoms with Crippen LogP contribution in [0, 0.1) is 18.3 Å². The van der Waals surface area contributed by atoms with Crippen molar-refractivity contribution in [3.8, 4) is 17.2 Å². The van der Waals surface area contributed by atoms with Crippen molar-refractivity contribution in [2.24, 2.45) is 7.05 Å². The molecule has 0 aliphatic rings. The number of thioether (sulfide) groups is 1. The number of hydrogen-bond acceptors (Lipinski definition) is 7. The van der Waals surface area contributed by atoms with Gasteiger partial charge in [-0.15, -0.1) is 11.3 Å². The van der Waals surface area contributed by atoms with E-state index in [2.05, 4.69) is 20.4 Å². The van der Waals surface area contributed by atoms with Gasteiger partial charge in [-0.05, 0) is 19.4 Å². The van der Waals surface area contributed by atoms with E-state index in [1.54, 1.807) is 14.0 Å². The van der Waals surface area contributed by atoms with Gasteiger partial charge in [0.1, 0.15) is 22.3 Å². The van der Waals surface area contributed by atoms with E-state index in [4.69, 9.17) is 5.26 Å². The van der Waals surface area contributed by atoms with Crippen LogP contribution in [-0.4, -0.2) is 30.9 Å². The minimum atomic E-state index is -0.557. The van der Waals surface area contributed by atoms with Crippen molar-refractivity contribution in [3.05, 3.63) is 57.3 Å². The fourth-order valence-corrected chi connectivity index (χ4v) is 4.84. The molecule has 0 radical (unpaired) electrons. The molecule has 1 aromatic carbocycles. The summed E-state index contributed by atoms with van der Waals surface area (Å²) in [6.45, 7) is 3.72. The number of aromatic nitrogens is 4. The number of H-pyrrole nitrogens is 1. The minimum Gasteiger partial charge on any atom is -0.309 e. The molecule has 3 heterocycles. The van der Waals surface area contributed by atoms with Crippen molar-refractivity contribution >= 4 is 45.0 Å². The van der Waals surface area contributed by atoms with Crippen LogP contribution in [0.2, 0.25) is 0 Å². The van der Waals surface area contributed by atoms with Gasteiger partial charge in [0.15, 0.2) is 5.16 Å². The van der Waals surface area contributed by atoms with E-state index >= 15 is 0 Å². The van der Waals surface area contributed by atoms with Gasteiger partial charge >= 0.3 is 0 Å². The van der Waals surface area contributed by atoms with E-state index in [9.17, 15) is 9.59 Å². The second-order valence-electron chi connectivity index (χ2n) is 6.96. The normalized spacial score (nSPS) is 11.9. The molecule has 31 heavy (non-hydrogen) atoms. The molecule has 4 aromatic rings. The van der Waals surface area contributed by atoms with E-state index in [1.807, 2.05) is 42.6 Å². The number of fused-ring (bicyclic) bond motifs is 1. The lowest BCUT2D eigenvalue weighted by molar-refractivity contribution is -0.115. The van der Waals surface area contributed by atoms with E-state index in [0.717, 1.165) is 28.5 Å². The molecule has 0 fully saturated rings. The quantitative estimate of drug-likeness (QED) is 0.354. The average Bonchev–Trinajstić information content (AvgIpc) is 3.32.